The lowest BCUT2D eigenvalue weighted by Gasteiger charge is -2.29. The van der Waals surface area contributed by atoms with E-state index in [0.29, 0.717) is 18.8 Å². The molecule has 0 aromatic carbocycles. The number of carbonyl (C=O) groups is 1. The van der Waals surface area contributed by atoms with Gasteiger partial charge < -0.3 is 10.2 Å². The van der Waals surface area contributed by atoms with Crippen molar-refractivity contribution in [2.75, 3.05) is 13.1 Å². The van der Waals surface area contributed by atoms with Gasteiger partial charge in [0, 0.05) is 37.5 Å². The van der Waals surface area contributed by atoms with Gasteiger partial charge in [-0.3, -0.25) is 9.78 Å². The van der Waals surface area contributed by atoms with Crippen LogP contribution in [0.1, 0.15) is 52.9 Å². The van der Waals surface area contributed by atoms with E-state index in [-0.39, 0.29) is 11.9 Å². The molecule has 0 spiro atoms. The molecule has 1 atom stereocenters. The summed E-state index contributed by atoms with van der Waals surface area (Å²) in [6, 6.07) is 5.69. The molecule has 0 bridgehead atoms. The van der Waals surface area contributed by atoms with Crippen molar-refractivity contribution in [1.29, 1.82) is 0 Å². The molecule has 6 nitrogen and oxygen atoms in total. The van der Waals surface area contributed by atoms with E-state index in [2.05, 4.69) is 15.3 Å². The average Bonchev–Trinajstić information content (AvgIpc) is 2.68. The zero-order valence-corrected chi connectivity index (χ0v) is 13.6. The quantitative estimate of drug-likeness (QED) is 0.914. The summed E-state index contributed by atoms with van der Waals surface area (Å²) in [5.41, 5.74) is 2.62. The van der Waals surface area contributed by atoms with Crippen LogP contribution in [0.2, 0.25) is 0 Å². The van der Waals surface area contributed by atoms with Gasteiger partial charge >= 0.3 is 0 Å². The van der Waals surface area contributed by atoms with Crippen molar-refractivity contribution in [3.63, 3.8) is 0 Å². The van der Waals surface area contributed by atoms with Gasteiger partial charge in [0.25, 0.3) is 5.91 Å². The lowest BCUT2D eigenvalue weighted by Crippen LogP contribution is -2.37. The molecule has 2 aliphatic heterocycles. The maximum atomic E-state index is 12.5. The van der Waals surface area contributed by atoms with E-state index in [1.54, 1.807) is 12.3 Å². The van der Waals surface area contributed by atoms with Gasteiger partial charge in [0.05, 0.1) is 11.7 Å². The van der Waals surface area contributed by atoms with Crippen LogP contribution in [0.5, 0.6) is 0 Å². The molecule has 24 heavy (non-hydrogen) atoms. The zero-order chi connectivity index (χ0) is 16.4. The van der Waals surface area contributed by atoms with E-state index < -0.39 is 0 Å². The molecule has 2 aromatic rings. The number of piperidine rings is 1. The van der Waals surface area contributed by atoms with Crippen molar-refractivity contribution in [3.8, 4) is 0 Å². The third-order valence-electron chi connectivity index (χ3n) is 4.75. The normalized spacial score (nSPS) is 20.5. The van der Waals surface area contributed by atoms with Crippen LogP contribution in [0.3, 0.4) is 0 Å². The van der Waals surface area contributed by atoms with Crippen molar-refractivity contribution in [2.45, 2.75) is 38.3 Å². The summed E-state index contributed by atoms with van der Waals surface area (Å²) in [5.74, 6) is 0.872. The molecule has 1 saturated heterocycles. The van der Waals surface area contributed by atoms with Crippen molar-refractivity contribution < 1.29 is 4.79 Å². The molecular formula is C18H21N5O. The number of fused-ring (bicyclic) bond motifs is 1. The van der Waals surface area contributed by atoms with E-state index in [1.165, 1.54) is 12.8 Å². The van der Waals surface area contributed by atoms with Crippen molar-refractivity contribution in [1.82, 2.24) is 25.2 Å². The molecule has 1 fully saturated rings. The number of carbonyl (C=O) groups excluding carboxylic acids is 1. The fourth-order valence-corrected chi connectivity index (χ4v) is 3.40. The molecule has 0 unspecified atom stereocenters. The zero-order valence-electron chi connectivity index (χ0n) is 13.6. The molecule has 124 valence electrons. The number of amides is 1. The molecule has 6 heteroatoms. The van der Waals surface area contributed by atoms with Gasteiger partial charge in [-0.15, -0.1) is 0 Å². The third kappa shape index (κ3) is 3.01. The van der Waals surface area contributed by atoms with Gasteiger partial charge in [0.2, 0.25) is 0 Å². The van der Waals surface area contributed by atoms with E-state index in [0.717, 1.165) is 36.5 Å². The van der Waals surface area contributed by atoms with E-state index in [1.807, 2.05) is 23.2 Å². The van der Waals surface area contributed by atoms with Gasteiger partial charge in [-0.2, -0.15) is 0 Å². The van der Waals surface area contributed by atoms with Crippen LogP contribution < -0.4 is 5.32 Å². The SMILES string of the molecule is O=C(c1ccccn1)N1CCc2nc([C@@H]3CCCCN3)ncc2C1. The Labute approximate surface area is 141 Å². The number of nitrogens with zero attached hydrogens (tertiary/aromatic N) is 4. The van der Waals surface area contributed by atoms with Crippen LogP contribution >= 0.6 is 0 Å². The highest BCUT2D eigenvalue weighted by atomic mass is 16.2. The van der Waals surface area contributed by atoms with Crippen LogP contribution in [0.25, 0.3) is 0 Å². The van der Waals surface area contributed by atoms with Crippen LogP contribution in [-0.4, -0.2) is 38.8 Å². The Morgan fingerprint density at radius 2 is 2.21 bits per heavy atom. The van der Waals surface area contributed by atoms with Crippen LogP contribution in [0.4, 0.5) is 0 Å². The Hall–Kier alpha value is -2.34. The topological polar surface area (TPSA) is 71.0 Å². The number of nitrogens with one attached hydrogen (secondary N) is 1. The summed E-state index contributed by atoms with van der Waals surface area (Å²) in [4.78, 5) is 27.8. The second-order valence-electron chi connectivity index (χ2n) is 6.39. The minimum atomic E-state index is -0.0285. The predicted molar refractivity (Wildman–Crippen MR) is 89.3 cm³/mol. The highest BCUT2D eigenvalue weighted by Crippen LogP contribution is 2.23. The van der Waals surface area contributed by atoms with Gasteiger partial charge in [0.15, 0.2) is 0 Å². The first kappa shape index (κ1) is 15.2. The monoisotopic (exact) mass is 323 g/mol. The highest BCUT2D eigenvalue weighted by Gasteiger charge is 2.25. The Kier molecular flexibility index (Phi) is 4.21. The fourth-order valence-electron chi connectivity index (χ4n) is 3.40. The lowest BCUT2D eigenvalue weighted by molar-refractivity contribution is 0.0727. The maximum Gasteiger partial charge on any atom is 0.272 e. The number of aromatic nitrogens is 3. The minimum absolute atomic E-state index is 0.0285. The Balaban J connectivity index is 1.50. The average molecular weight is 323 g/mol. The second-order valence-corrected chi connectivity index (χ2v) is 6.39. The van der Waals surface area contributed by atoms with Crippen LogP contribution in [-0.2, 0) is 13.0 Å². The summed E-state index contributed by atoms with van der Waals surface area (Å²) in [5, 5.41) is 3.49. The number of rotatable bonds is 2. The van der Waals surface area contributed by atoms with Crippen molar-refractivity contribution in [2.24, 2.45) is 0 Å². The Morgan fingerprint density at radius 1 is 1.25 bits per heavy atom. The Morgan fingerprint density at radius 3 is 3.00 bits per heavy atom. The summed E-state index contributed by atoms with van der Waals surface area (Å²) in [6.45, 7) is 2.28. The summed E-state index contributed by atoms with van der Waals surface area (Å²) in [6.07, 6.45) is 7.87. The highest BCUT2D eigenvalue weighted by molar-refractivity contribution is 5.92. The van der Waals surface area contributed by atoms with Gasteiger partial charge in [-0.1, -0.05) is 12.5 Å². The predicted octanol–water partition coefficient (Wildman–Crippen LogP) is 1.88. The molecular weight excluding hydrogens is 302 g/mol. The van der Waals surface area contributed by atoms with Gasteiger partial charge in [-0.25, -0.2) is 9.97 Å². The molecule has 4 rings (SSSR count). The van der Waals surface area contributed by atoms with E-state index in [4.69, 9.17) is 4.98 Å². The lowest BCUT2D eigenvalue weighted by atomic mass is 10.0. The maximum absolute atomic E-state index is 12.5. The molecule has 0 saturated carbocycles. The first-order valence-corrected chi connectivity index (χ1v) is 8.59. The van der Waals surface area contributed by atoms with Crippen molar-refractivity contribution in [3.05, 3.63) is 53.4 Å². The standard InChI is InChI=1S/C18H21N5O/c24-18(16-6-2-4-9-20-16)23-10-7-14-13(12-23)11-21-17(22-14)15-5-1-3-8-19-15/h2,4,6,9,11,15,19H,1,3,5,7-8,10,12H2/t15-/m0/s1. The molecule has 0 aliphatic carbocycles. The Bertz CT molecular complexity index is 727. The second kappa shape index (κ2) is 6.65. The summed E-state index contributed by atoms with van der Waals surface area (Å²) < 4.78 is 0. The number of hydrogen-bond acceptors (Lipinski definition) is 5. The van der Waals surface area contributed by atoms with Gasteiger partial charge in [-0.05, 0) is 31.5 Å². The molecule has 1 N–H and O–H groups in total. The summed E-state index contributed by atoms with van der Waals surface area (Å²) >= 11 is 0. The van der Waals surface area contributed by atoms with Gasteiger partial charge in [0.1, 0.15) is 11.5 Å². The number of hydrogen-bond donors (Lipinski definition) is 1. The van der Waals surface area contributed by atoms with E-state index >= 15 is 0 Å². The fraction of sp³-hybridized carbons (Fsp3) is 0.444. The van der Waals surface area contributed by atoms with Crippen molar-refractivity contribution >= 4 is 5.91 Å². The number of pyridine rings is 1. The summed E-state index contributed by atoms with van der Waals surface area (Å²) in [7, 11) is 0. The molecule has 1 amide bonds. The third-order valence-corrected chi connectivity index (χ3v) is 4.75. The van der Waals surface area contributed by atoms with Crippen LogP contribution in [0.15, 0.2) is 30.6 Å². The van der Waals surface area contributed by atoms with Crippen LogP contribution in [0, 0.1) is 0 Å². The molecule has 0 radical (unpaired) electrons. The molecule has 2 aliphatic rings. The van der Waals surface area contributed by atoms with E-state index in [9.17, 15) is 4.79 Å². The smallest absolute Gasteiger partial charge is 0.272 e. The largest absolute Gasteiger partial charge is 0.332 e. The first-order chi connectivity index (χ1) is 11.8. The first-order valence-electron chi connectivity index (χ1n) is 8.59. The minimum Gasteiger partial charge on any atom is -0.332 e. The molecule has 4 heterocycles. The molecule has 2 aromatic heterocycles.